The highest BCUT2D eigenvalue weighted by molar-refractivity contribution is 9.10. The van der Waals surface area contributed by atoms with Gasteiger partial charge in [-0.05, 0) is 41.8 Å². The zero-order chi connectivity index (χ0) is 14.5. The van der Waals surface area contributed by atoms with Gasteiger partial charge in [0.25, 0.3) is 0 Å². The van der Waals surface area contributed by atoms with E-state index in [9.17, 15) is 8.78 Å². The van der Waals surface area contributed by atoms with E-state index in [-0.39, 0.29) is 11.8 Å². The Morgan fingerprint density at radius 3 is 2.15 bits per heavy atom. The summed E-state index contributed by atoms with van der Waals surface area (Å²) in [6.45, 7) is -2.81. The number of benzene rings is 2. The molecule has 0 radical (unpaired) electrons. The molecular weight excluding hydrogens is 328 g/mol. The van der Waals surface area contributed by atoms with Crippen LogP contribution in [0.15, 0.2) is 53.0 Å². The van der Waals surface area contributed by atoms with Crippen molar-refractivity contribution in [2.75, 3.05) is 0 Å². The van der Waals surface area contributed by atoms with Crippen molar-refractivity contribution >= 4 is 15.9 Å². The summed E-state index contributed by atoms with van der Waals surface area (Å²) in [5, 5.41) is 0. The van der Waals surface area contributed by atoms with Crippen LogP contribution in [0, 0.1) is 0 Å². The van der Waals surface area contributed by atoms with Crippen LogP contribution in [0.2, 0.25) is 0 Å². The van der Waals surface area contributed by atoms with E-state index in [4.69, 9.17) is 5.73 Å². The van der Waals surface area contributed by atoms with E-state index in [1.54, 1.807) is 12.1 Å². The third kappa shape index (κ3) is 4.28. The molecule has 0 saturated heterocycles. The van der Waals surface area contributed by atoms with E-state index in [0.29, 0.717) is 6.42 Å². The molecule has 0 spiro atoms. The van der Waals surface area contributed by atoms with Gasteiger partial charge in [-0.25, -0.2) is 0 Å². The molecule has 2 N–H and O–H groups in total. The molecule has 2 aromatic rings. The Bertz CT molecular complexity index is 543. The van der Waals surface area contributed by atoms with E-state index >= 15 is 0 Å². The summed E-state index contributed by atoms with van der Waals surface area (Å²) in [5.41, 5.74) is 8.12. The topological polar surface area (TPSA) is 35.2 Å². The molecule has 0 saturated carbocycles. The Balaban J connectivity index is 2.01. The SMILES string of the molecule is NC(Cc1ccc(Br)cc1)c1ccc(OC(F)F)cc1. The van der Waals surface area contributed by atoms with Gasteiger partial charge >= 0.3 is 6.61 Å². The van der Waals surface area contributed by atoms with Gasteiger partial charge in [0.1, 0.15) is 5.75 Å². The first kappa shape index (κ1) is 14.9. The van der Waals surface area contributed by atoms with Crippen LogP contribution in [-0.4, -0.2) is 6.61 Å². The average molecular weight is 342 g/mol. The fourth-order valence-electron chi connectivity index (χ4n) is 1.89. The number of ether oxygens (including phenoxy) is 1. The Morgan fingerprint density at radius 2 is 1.60 bits per heavy atom. The van der Waals surface area contributed by atoms with Crippen molar-refractivity contribution in [3.05, 3.63) is 64.1 Å². The molecule has 0 aliphatic carbocycles. The first-order valence-corrected chi connectivity index (χ1v) is 6.88. The van der Waals surface area contributed by atoms with Gasteiger partial charge in [0.15, 0.2) is 0 Å². The van der Waals surface area contributed by atoms with E-state index in [1.807, 2.05) is 24.3 Å². The highest BCUT2D eigenvalue weighted by Crippen LogP contribution is 2.21. The Kier molecular flexibility index (Phi) is 5.09. The molecule has 0 aromatic heterocycles. The number of rotatable bonds is 5. The van der Waals surface area contributed by atoms with Gasteiger partial charge in [-0.2, -0.15) is 8.78 Å². The lowest BCUT2D eigenvalue weighted by atomic mass is 10.00. The van der Waals surface area contributed by atoms with Crippen molar-refractivity contribution in [1.82, 2.24) is 0 Å². The fourth-order valence-corrected chi connectivity index (χ4v) is 2.15. The summed E-state index contributed by atoms with van der Waals surface area (Å²) in [6, 6.07) is 14.2. The van der Waals surface area contributed by atoms with Gasteiger partial charge < -0.3 is 10.5 Å². The van der Waals surface area contributed by atoms with Gasteiger partial charge in [-0.15, -0.1) is 0 Å². The van der Waals surface area contributed by atoms with Gasteiger partial charge in [0.05, 0.1) is 0 Å². The second-order valence-corrected chi connectivity index (χ2v) is 5.30. The first-order chi connectivity index (χ1) is 9.54. The molecule has 0 heterocycles. The maximum absolute atomic E-state index is 12.0. The summed E-state index contributed by atoms with van der Waals surface area (Å²) in [4.78, 5) is 0. The van der Waals surface area contributed by atoms with Gasteiger partial charge in [0.2, 0.25) is 0 Å². The predicted octanol–water partition coefficient (Wildman–Crippen LogP) is 4.29. The molecule has 2 aromatic carbocycles. The van der Waals surface area contributed by atoms with Gasteiger partial charge in [-0.1, -0.05) is 40.2 Å². The first-order valence-electron chi connectivity index (χ1n) is 6.09. The second kappa shape index (κ2) is 6.81. The second-order valence-electron chi connectivity index (χ2n) is 4.38. The summed E-state index contributed by atoms with van der Waals surface area (Å²) in [7, 11) is 0. The van der Waals surface area contributed by atoms with E-state index in [0.717, 1.165) is 15.6 Å². The minimum atomic E-state index is -2.81. The Morgan fingerprint density at radius 1 is 1.00 bits per heavy atom. The highest BCUT2D eigenvalue weighted by atomic mass is 79.9. The Labute approximate surface area is 124 Å². The van der Waals surface area contributed by atoms with Crippen LogP contribution in [0.3, 0.4) is 0 Å². The number of nitrogens with two attached hydrogens (primary N) is 1. The number of hydrogen-bond acceptors (Lipinski definition) is 2. The molecule has 106 valence electrons. The van der Waals surface area contributed by atoms with Crippen molar-refractivity contribution in [1.29, 1.82) is 0 Å². The fraction of sp³-hybridized carbons (Fsp3) is 0.200. The lowest BCUT2D eigenvalue weighted by molar-refractivity contribution is -0.0498. The van der Waals surface area contributed by atoms with Crippen LogP contribution in [0.25, 0.3) is 0 Å². The zero-order valence-electron chi connectivity index (χ0n) is 10.6. The normalized spacial score (nSPS) is 12.4. The predicted molar refractivity (Wildman–Crippen MR) is 77.8 cm³/mol. The lowest BCUT2D eigenvalue weighted by Crippen LogP contribution is -2.13. The van der Waals surface area contributed by atoms with Gasteiger partial charge in [0, 0.05) is 10.5 Å². The van der Waals surface area contributed by atoms with Crippen LogP contribution in [0.1, 0.15) is 17.2 Å². The minimum absolute atomic E-state index is 0.139. The molecule has 0 fully saturated rings. The molecule has 20 heavy (non-hydrogen) atoms. The molecule has 0 bridgehead atoms. The van der Waals surface area contributed by atoms with Crippen LogP contribution in [0.5, 0.6) is 5.75 Å². The summed E-state index contributed by atoms with van der Waals surface area (Å²) >= 11 is 3.38. The van der Waals surface area contributed by atoms with Crippen molar-refractivity contribution < 1.29 is 13.5 Å². The van der Waals surface area contributed by atoms with Crippen LogP contribution < -0.4 is 10.5 Å². The Hall–Kier alpha value is -1.46. The van der Waals surface area contributed by atoms with Crippen LogP contribution >= 0.6 is 15.9 Å². The van der Waals surface area contributed by atoms with E-state index in [2.05, 4.69) is 20.7 Å². The maximum atomic E-state index is 12.0. The molecule has 0 aliphatic rings. The smallest absolute Gasteiger partial charge is 0.387 e. The molecule has 0 aliphatic heterocycles. The van der Waals surface area contributed by atoms with E-state index < -0.39 is 6.61 Å². The van der Waals surface area contributed by atoms with Gasteiger partial charge in [-0.3, -0.25) is 0 Å². The molecular formula is C15H14BrF2NO. The molecule has 2 rings (SSSR count). The number of hydrogen-bond donors (Lipinski definition) is 1. The molecule has 1 atom stereocenters. The number of alkyl halides is 2. The largest absolute Gasteiger partial charge is 0.435 e. The molecule has 1 unspecified atom stereocenters. The highest BCUT2D eigenvalue weighted by Gasteiger charge is 2.09. The van der Waals surface area contributed by atoms with Crippen LogP contribution in [0.4, 0.5) is 8.78 Å². The van der Waals surface area contributed by atoms with Crippen molar-refractivity contribution in [2.24, 2.45) is 5.73 Å². The maximum Gasteiger partial charge on any atom is 0.387 e. The molecule has 5 heteroatoms. The summed E-state index contributed by atoms with van der Waals surface area (Å²) < 4.78 is 29.4. The quantitative estimate of drug-likeness (QED) is 0.880. The van der Waals surface area contributed by atoms with E-state index in [1.165, 1.54) is 12.1 Å². The van der Waals surface area contributed by atoms with Crippen molar-refractivity contribution in [3.8, 4) is 5.75 Å². The molecule has 2 nitrogen and oxygen atoms in total. The molecule has 0 amide bonds. The van der Waals surface area contributed by atoms with Crippen molar-refractivity contribution in [2.45, 2.75) is 19.1 Å². The number of halogens is 3. The van der Waals surface area contributed by atoms with Crippen molar-refractivity contribution in [3.63, 3.8) is 0 Å². The lowest BCUT2D eigenvalue weighted by Gasteiger charge is -2.13. The minimum Gasteiger partial charge on any atom is -0.435 e. The average Bonchev–Trinajstić information content (AvgIpc) is 2.41. The van der Waals surface area contributed by atoms with Crippen LogP contribution in [-0.2, 0) is 6.42 Å². The third-order valence-electron chi connectivity index (χ3n) is 2.90. The monoisotopic (exact) mass is 341 g/mol. The zero-order valence-corrected chi connectivity index (χ0v) is 12.2. The summed E-state index contributed by atoms with van der Waals surface area (Å²) in [5.74, 6) is 0.139. The summed E-state index contributed by atoms with van der Waals surface area (Å²) in [6.07, 6.45) is 0.683. The standard InChI is InChI=1S/C15H14BrF2NO/c16-12-5-1-10(2-6-12)9-14(19)11-3-7-13(8-4-11)20-15(17)18/h1-8,14-15H,9,19H2. The third-order valence-corrected chi connectivity index (χ3v) is 3.43.